The van der Waals surface area contributed by atoms with Gasteiger partial charge in [-0.15, -0.1) is 0 Å². The highest BCUT2D eigenvalue weighted by Gasteiger charge is 2.13. The van der Waals surface area contributed by atoms with Crippen molar-refractivity contribution in [3.63, 3.8) is 0 Å². The van der Waals surface area contributed by atoms with Gasteiger partial charge in [0, 0.05) is 11.1 Å². The number of nitrogens with one attached hydrogen (secondary N) is 2. The maximum absolute atomic E-state index is 11.7. The molecule has 118 valence electrons. The Morgan fingerprint density at radius 3 is 1.36 bits per heavy atom. The Morgan fingerprint density at radius 1 is 0.773 bits per heavy atom. The summed E-state index contributed by atoms with van der Waals surface area (Å²) in [6.07, 6.45) is -1.70. The van der Waals surface area contributed by atoms with Crippen molar-refractivity contribution in [1.29, 1.82) is 0 Å². The van der Waals surface area contributed by atoms with Crippen molar-refractivity contribution in [3.8, 4) is 0 Å². The monoisotopic (exact) mass is 308 g/mol. The van der Waals surface area contributed by atoms with Crippen LogP contribution in [0.15, 0.2) is 24.3 Å². The largest absolute Gasteiger partial charge is 0.450 e. The molecule has 0 saturated heterocycles. The van der Waals surface area contributed by atoms with Gasteiger partial charge >= 0.3 is 12.2 Å². The van der Waals surface area contributed by atoms with Gasteiger partial charge in [-0.2, -0.15) is 0 Å². The summed E-state index contributed by atoms with van der Waals surface area (Å²) in [5.74, 6) is -1.31. The Balaban J connectivity index is 2.66. The van der Waals surface area contributed by atoms with Gasteiger partial charge in [-0.05, 0) is 38.1 Å². The Kier molecular flexibility index (Phi) is 6.55. The molecule has 0 spiro atoms. The summed E-state index contributed by atoms with van der Waals surface area (Å²) in [5, 5.41) is 4.04. The number of imide groups is 2. The summed E-state index contributed by atoms with van der Waals surface area (Å²) in [4.78, 5) is 45.6. The van der Waals surface area contributed by atoms with Crippen LogP contribution in [-0.2, 0) is 9.47 Å². The molecule has 0 heterocycles. The second-order valence-electron chi connectivity index (χ2n) is 3.93. The van der Waals surface area contributed by atoms with Crippen LogP contribution in [0.4, 0.5) is 9.59 Å². The first-order chi connectivity index (χ1) is 10.5. The molecule has 8 nitrogen and oxygen atoms in total. The molecule has 0 aliphatic carbocycles. The van der Waals surface area contributed by atoms with E-state index in [0.717, 1.165) is 0 Å². The number of benzene rings is 1. The van der Waals surface area contributed by atoms with E-state index in [9.17, 15) is 19.2 Å². The number of hydrogen-bond acceptors (Lipinski definition) is 6. The highest BCUT2D eigenvalue weighted by molar-refractivity contribution is 6.05. The number of hydrogen-bond donors (Lipinski definition) is 2. The molecule has 0 bridgehead atoms. The van der Waals surface area contributed by atoms with Crippen LogP contribution in [-0.4, -0.2) is 37.2 Å². The molecule has 0 aliphatic rings. The number of carbonyl (C=O) groups is 4. The Labute approximate surface area is 126 Å². The second-order valence-corrected chi connectivity index (χ2v) is 3.93. The summed E-state index contributed by atoms with van der Waals surface area (Å²) < 4.78 is 9.15. The van der Waals surface area contributed by atoms with Gasteiger partial charge in [0.25, 0.3) is 11.8 Å². The zero-order chi connectivity index (χ0) is 16.5. The minimum absolute atomic E-state index is 0.145. The van der Waals surface area contributed by atoms with E-state index in [1.807, 2.05) is 10.6 Å². The van der Waals surface area contributed by atoms with Crippen LogP contribution in [0.5, 0.6) is 0 Å². The average molecular weight is 308 g/mol. The van der Waals surface area contributed by atoms with Crippen molar-refractivity contribution in [3.05, 3.63) is 35.4 Å². The number of alkyl carbamates (subject to hydrolysis) is 2. The second kappa shape index (κ2) is 8.40. The minimum Gasteiger partial charge on any atom is -0.450 e. The quantitative estimate of drug-likeness (QED) is 0.871. The molecule has 8 heteroatoms. The summed E-state index contributed by atoms with van der Waals surface area (Å²) >= 11 is 0. The number of amides is 4. The Hall–Kier alpha value is -2.90. The van der Waals surface area contributed by atoms with Crippen LogP contribution < -0.4 is 10.6 Å². The van der Waals surface area contributed by atoms with E-state index in [-0.39, 0.29) is 24.3 Å². The smallest absolute Gasteiger partial charge is 0.414 e. The van der Waals surface area contributed by atoms with Gasteiger partial charge in [-0.25, -0.2) is 9.59 Å². The van der Waals surface area contributed by atoms with Gasteiger partial charge in [-0.3, -0.25) is 20.2 Å². The summed E-state index contributed by atoms with van der Waals surface area (Å²) in [6.45, 7) is 3.51. The van der Waals surface area contributed by atoms with Crippen LogP contribution >= 0.6 is 0 Å². The molecule has 1 aromatic rings. The van der Waals surface area contributed by atoms with Crippen molar-refractivity contribution in [1.82, 2.24) is 10.6 Å². The standard InChI is InChI=1S/C14H16N2O6/c1-3-21-13(19)15-11(17)9-5-7-10(8-6-9)12(18)16-14(20)22-4-2/h5-8H,3-4H2,1-2H3,(H,15,17,19)(H,16,18,20). The fraction of sp³-hybridized carbons (Fsp3) is 0.286. The third-order valence-electron chi connectivity index (χ3n) is 2.39. The lowest BCUT2D eigenvalue weighted by molar-refractivity contribution is 0.0908. The summed E-state index contributed by atoms with van der Waals surface area (Å²) in [6, 6.07) is 5.37. The lowest BCUT2D eigenvalue weighted by atomic mass is 10.1. The van der Waals surface area contributed by atoms with E-state index < -0.39 is 24.0 Å². The first kappa shape index (κ1) is 17.2. The molecule has 0 fully saturated rings. The minimum atomic E-state index is -0.850. The molecule has 0 radical (unpaired) electrons. The predicted octanol–water partition coefficient (Wildman–Crippen LogP) is 1.46. The fourth-order valence-corrected chi connectivity index (χ4v) is 1.44. The van der Waals surface area contributed by atoms with E-state index >= 15 is 0 Å². The lowest BCUT2D eigenvalue weighted by Crippen LogP contribution is -2.32. The van der Waals surface area contributed by atoms with Gasteiger partial charge in [0.2, 0.25) is 0 Å². The normalized spacial score (nSPS) is 9.55. The molecule has 22 heavy (non-hydrogen) atoms. The molecule has 0 unspecified atom stereocenters. The van der Waals surface area contributed by atoms with E-state index in [1.54, 1.807) is 13.8 Å². The van der Waals surface area contributed by atoms with Crippen LogP contribution in [0.2, 0.25) is 0 Å². The lowest BCUT2D eigenvalue weighted by Gasteiger charge is -2.06. The fourth-order valence-electron chi connectivity index (χ4n) is 1.44. The van der Waals surface area contributed by atoms with E-state index in [2.05, 4.69) is 9.47 Å². The predicted molar refractivity (Wildman–Crippen MR) is 75.4 cm³/mol. The van der Waals surface area contributed by atoms with E-state index in [1.165, 1.54) is 24.3 Å². The van der Waals surface area contributed by atoms with Gasteiger partial charge in [0.1, 0.15) is 0 Å². The van der Waals surface area contributed by atoms with Gasteiger partial charge < -0.3 is 9.47 Å². The van der Waals surface area contributed by atoms with Crippen molar-refractivity contribution >= 4 is 24.0 Å². The van der Waals surface area contributed by atoms with Crippen LogP contribution in [0.3, 0.4) is 0 Å². The maximum Gasteiger partial charge on any atom is 0.414 e. The molecule has 0 saturated carbocycles. The first-order valence-electron chi connectivity index (χ1n) is 6.54. The molecular weight excluding hydrogens is 292 g/mol. The number of rotatable bonds is 4. The van der Waals surface area contributed by atoms with Crippen molar-refractivity contribution in [2.45, 2.75) is 13.8 Å². The highest BCUT2D eigenvalue weighted by Crippen LogP contribution is 2.05. The highest BCUT2D eigenvalue weighted by atomic mass is 16.6. The zero-order valence-electron chi connectivity index (χ0n) is 12.2. The molecule has 0 aromatic heterocycles. The van der Waals surface area contributed by atoms with Gasteiger partial charge in [0.15, 0.2) is 0 Å². The molecule has 2 N–H and O–H groups in total. The Morgan fingerprint density at radius 2 is 1.09 bits per heavy atom. The van der Waals surface area contributed by atoms with Crippen molar-refractivity contribution in [2.75, 3.05) is 13.2 Å². The summed E-state index contributed by atoms with van der Waals surface area (Å²) in [7, 11) is 0. The SMILES string of the molecule is CCOC(=O)NC(=O)c1ccc(C(=O)NC(=O)OCC)cc1. The third-order valence-corrected chi connectivity index (χ3v) is 2.39. The average Bonchev–Trinajstić information content (AvgIpc) is 2.47. The number of carbonyl (C=O) groups excluding carboxylic acids is 4. The molecule has 0 aliphatic heterocycles. The molecule has 1 aromatic carbocycles. The van der Waals surface area contributed by atoms with Crippen LogP contribution in [0.1, 0.15) is 34.6 Å². The van der Waals surface area contributed by atoms with Crippen molar-refractivity contribution in [2.24, 2.45) is 0 Å². The van der Waals surface area contributed by atoms with E-state index in [4.69, 9.17) is 0 Å². The van der Waals surface area contributed by atoms with Crippen LogP contribution in [0, 0.1) is 0 Å². The molecule has 0 atom stereocenters. The molecule has 1 rings (SSSR count). The maximum atomic E-state index is 11.7. The molecular formula is C14H16N2O6. The zero-order valence-corrected chi connectivity index (χ0v) is 12.2. The Bertz CT molecular complexity index is 516. The number of ether oxygens (including phenoxy) is 2. The van der Waals surface area contributed by atoms with Crippen LogP contribution in [0.25, 0.3) is 0 Å². The van der Waals surface area contributed by atoms with Gasteiger partial charge in [0.05, 0.1) is 13.2 Å². The third kappa shape index (κ3) is 5.23. The summed E-state index contributed by atoms with van der Waals surface area (Å²) in [5.41, 5.74) is 0.335. The first-order valence-corrected chi connectivity index (χ1v) is 6.54. The van der Waals surface area contributed by atoms with Gasteiger partial charge in [-0.1, -0.05) is 0 Å². The van der Waals surface area contributed by atoms with E-state index in [0.29, 0.717) is 0 Å². The van der Waals surface area contributed by atoms with Crippen molar-refractivity contribution < 1.29 is 28.7 Å². The topological polar surface area (TPSA) is 111 Å². The molecule has 4 amide bonds.